The van der Waals surface area contributed by atoms with Crippen molar-refractivity contribution in [3.63, 3.8) is 0 Å². The minimum atomic E-state index is -0.410. The quantitative estimate of drug-likeness (QED) is 0.651. The lowest BCUT2D eigenvalue weighted by Gasteiger charge is -2.12. The van der Waals surface area contributed by atoms with Gasteiger partial charge in [0, 0.05) is 10.4 Å². The predicted octanol–water partition coefficient (Wildman–Crippen LogP) is 4.87. The summed E-state index contributed by atoms with van der Waals surface area (Å²) >= 11 is 11.8. The number of phenols is 1. The first-order valence-corrected chi connectivity index (χ1v) is 7.88. The molecule has 0 unspecified atom stereocenters. The van der Waals surface area contributed by atoms with Gasteiger partial charge < -0.3 is 15.2 Å². The van der Waals surface area contributed by atoms with Gasteiger partial charge in [0.25, 0.3) is 5.91 Å². The minimum Gasteiger partial charge on any atom is -0.506 e. The molecule has 1 amide bonds. The highest BCUT2D eigenvalue weighted by molar-refractivity contribution is 6.35. The fraction of sp³-hybridized carbons (Fsp3) is 0.0556. The molecule has 0 aliphatic carbocycles. The van der Waals surface area contributed by atoms with Gasteiger partial charge in [-0.05, 0) is 29.7 Å². The van der Waals surface area contributed by atoms with E-state index in [1.165, 1.54) is 12.1 Å². The molecule has 0 radical (unpaired) electrons. The molecule has 0 bridgehead atoms. The molecule has 3 rings (SSSR count). The SMILES string of the molecule is O=C(COc1ccc(Cl)cc1Cl)Nc1c(O)ccc2ccccc12. The molecule has 0 aromatic heterocycles. The van der Waals surface area contributed by atoms with Gasteiger partial charge in [-0.1, -0.05) is 53.5 Å². The third-order valence-electron chi connectivity index (χ3n) is 3.42. The number of phenolic OH excluding ortho intramolecular Hbond substituents is 1. The molecule has 24 heavy (non-hydrogen) atoms. The minimum absolute atomic E-state index is 0.00780. The van der Waals surface area contributed by atoms with E-state index in [1.807, 2.05) is 24.3 Å². The normalized spacial score (nSPS) is 10.6. The van der Waals surface area contributed by atoms with Crippen molar-refractivity contribution in [1.82, 2.24) is 0 Å². The van der Waals surface area contributed by atoms with Gasteiger partial charge in [-0.2, -0.15) is 0 Å². The Kier molecular flexibility index (Phi) is 4.79. The summed E-state index contributed by atoms with van der Waals surface area (Å²) in [6.07, 6.45) is 0. The van der Waals surface area contributed by atoms with Crippen LogP contribution in [-0.4, -0.2) is 17.6 Å². The molecular weight excluding hydrogens is 349 g/mol. The smallest absolute Gasteiger partial charge is 0.262 e. The molecule has 0 aliphatic heterocycles. The van der Waals surface area contributed by atoms with E-state index in [0.717, 1.165) is 10.8 Å². The Balaban J connectivity index is 1.74. The van der Waals surface area contributed by atoms with Crippen LogP contribution in [0.1, 0.15) is 0 Å². The highest BCUT2D eigenvalue weighted by Crippen LogP contribution is 2.32. The number of ether oxygens (including phenoxy) is 1. The summed E-state index contributed by atoms with van der Waals surface area (Å²) in [4.78, 5) is 12.1. The Morgan fingerprint density at radius 3 is 2.67 bits per heavy atom. The van der Waals surface area contributed by atoms with Crippen LogP contribution in [0.5, 0.6) is 11.5 Å². The summed E-state index contributed by atoms with van der Waals surface area (Å²) in [5.41, 5.74) is 0.351. The fourth-order valence-electron chi connectivity index (χ4n) is 2.30. The third-order valence-corrected chi connectivity index (χ3v) is 3.95. The van der Waals surface area contributed by atoms with E-state index < -0.39 is 5.91 Å². The predicted molar refractivity (Wildman–Crippen MR) is 96.2 cm³/mol. The first-order valence-electron chi connectivity index (χ1n) is 7.13. The number of fused-ring (bicyclic) bond motifs is 1. The van der Waals surface area contributed by atoms with Crippen molar-refractivity contribution in [3.05, 3.63) is 64.6 Å². The molecule has 0 saturated heterocycles. The van der Waals surface area contributed by atoms with Crippen molar-refractivity contribution in [3.8, 4) is 11.5 Å². The molecule has 0 fully saturated rings. The zero-order valence-corrected chi connectivity index (χ0v) is 13.9. The van der Waals surface area contributed by atoms with Gasteiger partial charge in [0.15, 0.2) is 6.61 Å². The molecular formula is C18H13Cl2NO3. The molecule has 0 spiro atoms. The summed E-state index contributed by atoms with van der Waals surface area (Å²) in [6, 6.07) is 15.5. The maximum atomic E-state index is 12.1. The van der Waals surface area contributed by atoms with Crippen LogP contribution in [0.3, 0.4) is 0 Å². The highest BCUT2D eigenvalue weighted by atomic mass is 35.5. The van der Waals surface area contributed by atoms with Crippen LogP contribution in [0.15, 0.2) is 54.6 Å². The molecule has 6 heteroatoms. The number of hydrogen-bond donors (Lipinski definition) is 2. The lowest BCUT2D eigenvalue weighted by atomic mass is 10.1. The first kappa shape index (κ1) is 16.4. The van der Waals surface area contributed by atoms with E-state index in [2.05, 4.69) is 5.32 Å². The second kappa shape index (κ2) is 6.99. The van der Waals surface area contributed by atoms with E-state index in [4.69, 9.17) is 27.9 Å². The number of carbonyl (C=O) groups excluding carboxylic acids is 1. The Bertz CT molecular complexity index is 912. The summed E-state index contributed by atoms with van der Waals surface area (Å²) < 4.78 is 5.39. The van der Waals surface area contributed by atoms with Gasteiger partial charge in [0.05, 0.1) is 10.7 Å². The molecule has 0 aliphatic rings. The topological polar surface area (TPSA) is 58.6 Å². The van der Waals surface area contributed by atoms with Crippen LogP contribution >= 0.6 is 23.2 Å². The lowest BCUT2D eigenvalue weighted by molar-refractivity contribution is -0.118. The zero-order valence-electron chi connectivity index (χ0n) is 12.4. The molecule has 3 aromatic carbocycles. The first-order chi connectivity index (χ1) is 11.5. The number of halogens is 2. The van der Waals surface area contributed by atoms with Crippen molar-refractivity contribution in [2.24, 2.45) is 0 Å². The van der Waals surface area contributed by atoms with Crippen molar-refractivity contribution < 1.29 is 14.6 Å². The standard InChI is InChI=1S/C18H13Cl2NO3/c19-12-6-8-16(14(20)9-12)24-10-17(23)21-18-13-4-2-1-3-11(13)5-7-15(18)22/h1-9,22H,10H2,(H,21,23). The van der Waals surface area contributed by atoms with Crippen LogP contribution in [0.2, 0.25) is 10.0 Å². The lowest BCUT2D eigenvalue weighted by Crippen LogP contribution is -2.20. The number of rotatable bonds is 4. The monoisotopic (exact) mass is 361 g/mol. The Hall–Kier alpha value is -2.43. The average Bonchev–Trinajstić information content (AvgIpc) is 2.57. The molecule has 3 aromatic rings. The van der Waals surface area contributed by atoms with E-state index >= 15 is 0 Å². The second-order valence-electron chi connectivity index (χ2n) is 5.09. The van der Waals surface area contributed by atoms with Gasteiger partial charge in [0.2, 0.25) is 0 Å². The summed E-state index contributed by atoms with van der Waals surface area (Å²) in [7, 11) is 0. The van der Waals surface area contributed by atoms with Gasteiger partial charge in [-0.3, -0.25) is 4.79 Å². The van der Waals surface area contributed by atoms with Crippen LogP contribution in [-0.2, 0) is 4.79 Å². The Morgan fingerprint density at radius 2 is 1.88 bits per heavy atom. The fourth-order valence-corrected chi connectivity index (χ4v) is 2.77. The number of anilines is 1. The molecule has 0 atom stereocenters. The van der Waals surface area contributed by atoms with Crippen LogP contribution in [0.25, 0.3) is 10.8 Å². The maximum absolute atomic E-state index is 12.1. The number of hydrogen-bond acceptors (Lipinski definition) is 3. The molecule has 0 heterocycles. The largest absolute Gasteiger partial charge is 0.506 e. The van der Waals surface area contributed by atoms with Gasteiger partial charge in [-0.15, -0.1) is 0 Å². The number of carbonyl (C=O) groups is 1. The molecule has 0 saturated carbocycles. The highest BCUT2D eigenvalue weighted by Gasteiger charge is 2.12. The van der Waals surface area contributed by atoms with E-state index in [-0.39, 0.29) is 12.4 Å². The number of amides is 1. The Morgan fingerprint density at radius 1 is 1.08 bits per heavy atom. The molecule has 4 nitrogen and oxygen atoms in total. The van der Waals surface area contributed by atoms with E-state index in [0.29, 0.717) is 21.5 Å². The van der Waals surface area contributed by atoms with E-state index in [1.54, 1.807) is 18.2 Å². The summed E-state index contributed by atoms with van der Waals surface area (Å²) in [5, 5.41) is 15.2. The van der Waals surface area contributed by atoms with Gasteiger partial charge in [-0.25, -0.2) is 0 Å². The van der Waals surface area contributed by atoms with Crippen LogP contribution < -0.4 is 10.1 Å². The van der Waals surface area contributed by atoms with Gasteiger partial charge >= 0.3 is 0 Å². The zero-order chi connectivity index (χ0) is 17.1. The summed E-state index contributed by atoms with van der Waals surface area (Å²) in [6.45, 7) is -0.246. The van der Waals surface area contributed by atoms with Crippen LogP contribution in [0, 0.1) is 0 Å². The second-order valence-corrected chi connectivity index (χ2v) is 5.94. The van der Waals surface area contributed by atoms with Crippen molar-refractivity contribution in [2.75, 3.05) is 11.9 Å². The van der Waals surface area contributed by atoms with Gasteiger partial charge in [0.1, 0.15) is 11.5 Å². The maximum Gasteiger partial charge on any atom is 0.262 e. The van der Waals surface area contributed by atoms with Crippen LogP contribution in [0.4, 0.5) is 5.69 Å². The Labute approximate surface area is 148 Å². The average molecular weight is 362 g/mol. The van der Waals surface area contributed by atoms with Crippen molar-refractivity contribution in [2.45, 2.75) is 0 Å². The van der Waals surface area contributed by atoms with Crippen molar-refractivity contribution in [1.29, 1.82) is 0 Å². The van der Waals surface area contributed by atoms with Crippen molar-refractivity contribution >= 4 is 45.6 Å². The third kappa shape index (κ3) is 3.55. The number of benzene rings is 3. The number of nitrogens with one attached hydrogen (secondary N) is 1. The molecule has 2 N–H and O–H groups in total. The summed E-state index contributed by atoms with van der Waals surface area (Å²) in [5.74, 6) is -0.0578. The van der Waals surface area contributed by atoms with E-state index in [9.17, 15) is 9.90 Å². The number of aromatic hydroxyl groups is 1. The molecule has 122 valence electrons.